The van der Waals surface area contributed by atoms with Crippen LogP contribution in [0.15, 0.2) is 18.2 Å². The van der Waals surface area contributed by atoms with Crippen molar-refractivity contribution in [3.8, 4) is 0 Å². The maximum Gasteiger partial charge on any atom is 0.310 e. The molecule has 0 heterocycles. The van der Waals surface area contributed by atoms with Gasteiger partial charge in [-0.15, -0.1) is 0 Å². The summed E-state index contributed by atoms with van der Waals surface area (Å²) in [6.45, 7) is 3.95. The molecule has 132 valence electrons. The molecule has 6 heteroatoms. The zero-order valence-electron chi connectivity index (χ0n) is 14.0. The van der Waals surface area contributed by atoms with Gasteiger partial charge in [-0.1, -0.05) is 44.4 Å². The highest BCUT2D eigenvalue weighted by molar-refractivity contribution is 6.31. The summed E-state index contributed by atoms with van der Waals surface area (Å²) in [7, 11) is 0. The standard InChI is InChI=1S/C18H23ClFNO3/c1-11-5-3-8-16(12(11)2)21-17(22)10-24-18(23)9-13-14(19)6-4-7-15(13)20/h4,6-7,11-12,16H,3,5,8-10H2,1-2H3,(H,21,22)/t11-,12+,16+/m0/s1. The van der Waals surface area contributed by atoms with E-state index in [1.54, 1.807) is 0 Å². The number of hydrogen-bond donors (Lipinski definition) is 1. The van der Waals surface area contributed by atoms with Gasteiger partial charge in [0.05, 0.1) is 6.42 Å². The van der Waals surface area contributed by atoms with Crippen LogP contribution in [0.3, 0.4) is 0 Å². The molecule has 1 N–H and O–H groups in total. The minimum absolute atomic E-state index is 0.0827. The van der Waals surface area contributed by atoms with Crippen molar-refractivity contribution in [3.05, 3.63) is 34.6 Å². The molecule has 0 bridgehead atoms. The van der Waals surface area contributed by atoms with Crippen LogP contribution in [0.1, 0.15) is 38.7 Å². The van der Waals surface area contributed by atoms with Crippen LogP contribution in [0.4, 0.5) is 4.39 Å². The van der Waals surface area contributed by atoms with Crippen molar-refractivity contribution in [1.82, 2.24) is 5.32 Å². The molecule has 1 aliphatic rings. The number of carbonyl (C=O) groups is 2. The Kier molecular flexibility index (Phi) is 6.60. The van der Waals surface area contributed by atoms with Crippen molar-refractivity contribution in [2.45, 2.75) is 45.6 Å². The van der Waals surface area contributed by atoms with Crippen LogP contribution in [0.2, 0.25) is 5.02 Å². The van der Waals surface area contributed by atoms with Crippen LogP contribution in [0.25, 0.3) is 0 Å². The fourth-order valence-corrected chi connectivity index (χ4v) is 3.31. The molecule has 1 saturated carbocycles. The van der Waals surface area contributed by atoms with Gasteiger partial charge in [0.1, 0.15) is 5.82 Å². The summed E-state index contributed by atoms with van der Waals surface area (Å²) in [5, 5.41) is 3.09. The van der Waals surface area contributed by atoms with Crippen LogP contribution in [0.5, 0.6) is 0 Å². The topological polar surface area (TPSA) is 55.4 Å². The molecule has 0 saturated heterocycles. The van der Waals surface area contributed by atoms with Crippen molar-refractivity contribution in [2.24, 2.45) is 11.8 Å². The van der Waals surface area contributed by atoms with E-state index in [1.807, 2.05) is 0 Å². The Hall–Kier alpha value is -1.62. The first-order chi connectivity index (χ1) is 11.4. The number of esters is 1. The molecular formula is C18H23ClFNO3. The predicted molar refractivity (Wildman–Crippen MR) is 90.2 cm³/mol. The highest BCUT2D eigenvalue weighted by atomic mass is 35.5. The lowest BCUT2D eigenvalue weighted by molar-refractivity contribution is -0.148. The first kappa shape index (κ1) is 18.7. The second-order valence-electron chi connectivity index (χ2n) is 6.48. The summed E-state index contributed by atoms with van der Waals surface area (Å²) < 4.78 is 18.6. The van der Waals surface area contributed by atoms with E-state index in [0.29, 0.717) is 11.8 Å². The molecule has 3 atom stereocenters. The zero-order valence-corrected chi connectivity index (χ0v) is 14.7. The number of hydrogen-bond acceptors (Lipinski definition) is 3. The highest BCUT2D eigenvalue weighted by Crippen LogP contribution is 2.29. The summed E-state index contributed by atoms with van der Waals surface area (Å²) in [5.74, 6) is -0.601. The van der Waals surface area contributed by atoms with Crippen molar-refractivity contribution >= 4 is 23.5 Å². The molecule has 0 aliphatic heterocycles. The SMILES string of the molecule is C[C@@H]1[C@@H](C)CCC[C@H]1NC(=O)COC(=O)Cc1c(F)cccc1Cl. The molecule has 2 rings (SSSR count). The average molecular weight is 356 g/mol. The predicted octanol–water partition coefficient (Wildman–Crippen LogP) is 3.51. The van der Waals surface area contributed by atoms with Gasteiger partial charge in [0.2, 0.25) is 0 Å². The molecule has 1 fully saturated rings. The Balaban J connectivity index is 1.80. The van der Waals surface area contributed by atoms with Crippen molar-refractivity contribution in [3.63, 3.8) is 0 Å². The largest absolute Gasteiger partial charge is 0.455 e. The van der Waals surface area contributed by atoms with Gasteiger partial charge >= 0.3 is 5.97 Å². The van der Waals surface area contributed by atoms with Crippen LogP contribution in [-0.2, 0) is 20.7 Å². The number of carbonyl (C=O) groups excluding carboxylic acids is 2. The van der Waals surface area contributed by atoms with Crippen LogP contribution in [-0.4, -0.2) is 24.5 Å². The summed E-state index contributed by atoms with van der Waals surface area (Å²) in [6.07, 6.45) is 2.90. The third-order valence-corrected chi connectivity index (χ3v) is 5.15. The molecular weight excluding hydrogens is 333 g/mol. The monoisotopic (exact) mass is 355 g/mol. The third-order valence-electron chi connectivity index (χ3n) is 4.80. The quantitative estimate of drug-likeness (QED) is 0.822. The maximum absolute atomic E-state index is 13.6. The van der Waals surface area contributed by atoms with Crippen molar-refractivity contribution in [1.29, 1.82) is 0 Å². The number of benzene rings is 1. The summed E-state index contributed by atoms with van der Waals surface area (Å²) >= 11 is 5.87. The Bertz CT molecular complexity index is 588. The van der Waals surface area contributed by atoms with Crippen LogP contribution in [0, 0.1) is 17.7 Å². The lowest BCUT2D eigenvalue weighted by atomic mass is 9.78. The molecule has 1 aromatic rings. The fourth-order valence-electron chi connectivity index (χ4n) is 3.08. The van der Waals surface area contributed by atoms with Gasteiger partial charge in [-0.25, -0.2) is 4.39 Å². The second kappa shape index (κ2) is 8.47. The normalized spacial score (nSPS) is 23.6. The molecule has 0 spiro atoms. The smallest absolute Gasteiger partial charge is 0.310 e. The van der Waals surface area contributed by atoms with E-state index >= 15 is 0 Å². The highest BCUT2D eigenvalue weighted by Gasteiger charge is 2.28. The number of nitrogens with one attached hydrogen (secondary N) is 1. The molecule has 0 unspecified atom stereocenters. The van der Waals surface area contributed by atoms with Crippen LogP contribution < -0.4 is 5.32 Å². The molecule has 1 aliphatic carbocycles. The van der Waals surface area contributed by atoms with E-state index < -0.39 is 11.8 Å². The van der Waals surface area contributed by atoms with Gasteiger partial charge in [0.15, 0.2) is 6.61 Å². The Labute approximate surface area is 146 Å². The minimum atomic E-state index is -0.679. The van der Waals surface area contributed by atoms with Gasteiger partial charge in [-0.05, 0) is 30.4 Å². The molecule has 0 aromatic heterocycles. The number of ether oxygens (including phenoxy) is 1. The van der Waals surface area contributed by atoms with E-state index in [9.17, 15) is 14.0 Å². The second-order valence-corrected chi connectivity index (χ2v) is 6.89. The Morgan fingerprint density at radius 1 is 1.33 bits per heavy atom. The molecule has 4 nitrogen and oxygen atoms in total. The molecule has 1 amide bonds. The molecule has 0 radical (unpaired) electrons. The van der Waals surface area contributed by atoms with E-state index in [0.717, 1.165) is 12.8 Å². The van der Waals surface area contributed by atoms with Gasteiger partial charge in [0, 0.05) is 16.6 Å². The summed E-state index contributed by atoms with van der Waals surface area (Å²) in [6, 6.07) is 4.31. The van der Waals surface area contributed by atoms with Crippen LogP contribution >= 0.6 is 11.6 Å². The lowest BCUT2D eigenvalue weighted by Gasteiger charge is -2.34. The fraction of sp³-hybridized carbons (Fsp3) is 0.556. The number of amides is 1. The first-order valence-electron chi connectivity index (χ1n) is 8.26. The first-order valence-corrected chi connectivity index (χ1v) is 8.64. The third kappa shape index (κ3) is 4.94. The average Bonchev–Trinajstić information content (AvgIpc) is 2.53. The van der Waals surface area contributed by atoms with Gasteiger partial charge in [-0.2, -0.15) is 0 Å². The molecule has 1 aromatic carbocycles. The maximum atomic E-state index is 13.6. The Morgan fingerprint density at radius 2 is 2.08 bits per heavy atom. The van der Waals surface area contributed by atoms with Gasteiger partial charge in [-0.3, -0.25) is 9.59 Å². The summed E-state index contributed by atoms with van der Waals surface area (Å²) in [5.41, 5.74) is 0.0827. The number of halogens is 2. The Morgan fingerprint density at radius 3 is 2.79 bits per heavy atom. The van der Waals surface area contributed by atoms with Crippen molar-refractivity contribution < 1.29 is 18.7 Å². The summed E-state index contributed by atoms with van der Waals surface area (Å²) in [4.78, 5) is 23.8. The van der Waals surface area contributed by atoms with E-state index in [1.165, 1.54) is 24.6 Å². The molecule has 24 heavy (non-hydrogen) atoms. The van der Waals surface area contributed by atoms with E-state index in [-0.39, 0.29) is 35.6 Å². The van der Waals surface area contributed by atoms with Crippen molar-refractivity contribution in [2.75, 3.05) is 6.61 Å². The lowest BCUT2D eigenvalue weighted by Crippen LogP contribution is -2.45. The zero-order chi connectivity index (χ0) is 17.7. The van der Waals surface area contributed by atoms with Gasteiger partial charge in [0.25, 0.3) is 5.91 Å². The van der Waals surface area contributed by atoms with E-state index in [4.69, 9.17) is 16.3 Å². The van der Waals surface area contributed by atoms with E-state index in [2.05, 4.69) is 19.2 Å². The number of rotatable bonds is 5. The van der Waals surface area contributed by atoms with Gasteiger partial charge < -0.3 is 10.1 Å². The minimum Gasteiger partial charge on any atom is -0.455 e.